The number of carbonyl (C=O) groups is 1. The second kappa shape index (κ2) is 7.02. The van der Waals surface area contributed by atoms with Crippen LogP contribution in [0, 0.1) is 5.92 Å². The van der Waals surface area contributed by atoms with Gasteiger partial charge in [-0.15, -0.1) is 12.4 Å². The minimum atomic E-state index is -0.284. The molecular weight excluding hydrogens is 238 g/mol. The molecule has 2 aliphatic rings. The third-order valence-corrected chi connectivity index (χ3v) is 3.83. The van der Waals surface area contributed by atoms with Crippen LogP contribution in [0.2, 0.25) is 0 Å². The quantitative estimate of drug-likeness (QED) is 0.576. The number of piperidine rings is 2. The van der Waals surface area contributed by atoms with E-state index in [1.807, 2.05) is 0 Å². The van der Waals surface area contributed by atoms with E-state index >= 15 is 0 Å². The van der Waals surface area contributed by atoms with Gasteiger partial charge in [0.15, 0.2) is 0 Å². The maximum absolute atomic E-state index is 11.1. The fourth-order valence-electron chi connectivity index (χ4n) is 3.02. The number of fused-ring (bicyclic) bond motifs is 1. The Balaban J connectivity index is 0.00000144. The Morgan fingerprint density at radius 3 is 2.82 bits per heavy atom. The van der Waals surface area contributed by atoms with E-state index < -0.39 is 0 Å². The SMILES string of the molecule is C=CC(=O)OC[C@@H]1CCCN2CCCC[C@H]12.Cl. The summed E-state index contributed by atoms with van der Waals surface area (Å²) in [6.07, 6.45) is 7.62. The minimum absolute atomic E-state index is 0. The fourth-order valence-corrected chi connectivity index (χ4v) is 3.02. The van der Waals surface area contributed by atoms with Crippen LogP contribution in [0.1, 0.15) is 32.1 Å². The van der Waals surface area contributed by atoms with Crippen molar-refractivity contribution in [2.24, 2.45) is 5.92 Å². The summed E-state index contributed by atoms with van der Waals surface area (Å²) in [5, 5.41) is 0. The van der Waals surface area contributed by atoms with Crippen LogP contribution in [0.5, 0.6) is 0 Å². The first-order valence-corrected chi connectivity index (χ1v) is 6.34. The van der Waals surface area contributed by atoms with E-state index in [0.29, 0.717) is 18.6 Å². The molecule has 2 saturated heterocycles. The molecule has 0 amide bonds. The number of hydrogen-bond donors (Lipinski definition) is 0. The van der Waals surface area contributed by atoms with Gasteiger partial charge in [-0.1, -0.05) is 13.0 Å². The molecule has 2 heterocycles. The van der Waals surface area contributed by atoms with Crippen molar-refractivity contribution in [2.75, 3.05) is 19.7 Å². The van der Waals surface area contributed by atoms with E-state index in [9.17, 15) is 4.79 Å². The predicted octanol–water partition coefficient (Wildman–Crippen LogP) is 2.40. The molecule has 2 rings (SSSR count). The van der Waals surface area contributed by atoms with Crippen LogP contribution in [-0.4, -0.2) is 36.6 Å². The molecule has 0 aromatic rings. The van der Waals surface area contributed by atoms with Crippen molar-refractivity contribution in [3.05, 3.63) is 12.7 Å². The van der Waals surface area contributed by atoms with Crippen LogP contribution < -0.4 is 0 Å². The minimum Gasteiger partial charge on any atom is -0.462 e. The van der Waals surface area contributed by atoms with Gasteiger partial charge >= 0.3 is 5.97 Å². The summed E-state index contributed by atoms with van der Waals surface area (Å²) in [4.78, 5) is 13.6. The molecule has 0 unspecified atom stereocenters. The molecule has 17 heavy (non-hydrogen) atoms. The van der Waals surface area contributed by atoms with Gasteiger partial charge in [0.1, 0.15) is 0 Å². The fraction of sp³-hybridized carbons (Fsp3) is 0.769. The molecule has 0 aromatic carbocycles. The second-order valence-corrected chi connectivity index (χ2v) is 4.84. The summed E-state index contributed by atoms with van der Waals surface area (Å²) in [7, 11) is 0. The molecule has 2 aliphatic heterocycles. The van der Waals surface area contributed by atoms with Gasteiger partial charge in [0.25, 0.3) is 0 Å². The summed E-state index contributed by atoms with van der Waals surface area (Å²) in [5.41, 5.74) is 0. The summed E-state index contributed by atoms with van der Waals surface area (Å²) >= 11 is 0. The van der Waals surface area contributed by atoms with Crippen molar-refractivity contribution in [1.82, 2.24) is 4.90 Å². The van der Waals surface area contributed by atoms with Gasteiger partial charge in [-0.05, 0) is 38.8 Å². The van der Waals surface area contributed by atoms with Gasteiger partial charge in [-0.3, -0.25) is 4.90 Å². The normalized spacial score (nSPS) is 28.7. The third kappa shape index (κ3) is 3.71. The second-order valence-electron chi connectivity index (χ2n) is 4.84. The van der Waals surface area contributed by atoms with Crippen molar-refractivity contribution >= 4 is 18.4 Å². The lowest BCUT2D eigenvalue weighted by molar-refractivity contribution is -0.140. The first kappa shape index (κ1) is 14.5. The maximum Gasteiger partial charge on any atom is 0.330 e. The van der Waals surface area contributed by atoms with Crippen molar-refractivity contribution in [3.63, 3.8) is 0 Å². The average Bonchev–Trinajstić information content (AvgIpc) is 2.35. The lowest BCUT2D eigenvalue weighted by Gasteiger charge is -2.44. The van der Waals surface area contributed by atoms with Crippen LogP contribution in [0.4, 0.5) is 0 Å². The number of halogens is 1. The Bertz CT molecular complexity index is 268. The number of nitrogens with zero attached hydrogens (tertiary/aromatic N) is 1. The zero-order chi connectivity index (χ0) is 11.4. The van der Waals surface area contributed by atoms with E-state index in [2.05, 4.69) is 11.5 Å². The highest BCUT2D eigenvalue weighted by Crippen LogP contribution is 2.30. The zero-order valence-electron chi connectivity index (χ0n) is 10.3. The molecule has 0 radical (unpaired) electrons. The molecular formula is C13H22ClNO2. The Kier molecular flexibility index (Phi) is 6.00. The summed E-state index contributed by atoms with van der Waals surface area (Å²) in [5.74, 6) is 0.255. The van der Waals surface area contributed by atoms with E-state index in [0.717, 1.165) is 0 Å². The topological polar surface area (TPSA) is 29.5 Å². The number of rotatable bonds is 3. The van der Waals surface area contributed by atoms with Gasteiger partial charge < -0.3 is 4.74 Å². The van der Waals surface area contributed by atoms with Gasteiger partial charge in [0, 0.05) is 18.0 Å². The van der Waals surface area contributed by atoms with Crippen molar-refractivity contribution in [3.8, 4) is 0 Å². The molecule has 0 N–H and O–H groups in total. The molecule has 0 spiro atoms. The Morgan fingerprint density at radius 2 is 2.06 bits per heavy atom. The van der Waals surface area contributed by atoms with Crippen LogP contribution in [0.15, 0.2) is 12.7 Å². The number of esters is 1. The van der Waals surface area contributed by atoms with Crippen molar-refractivity contribution < 1.29 is 9.53 Å². The largest absolute Gasteiger partial charge is 0.462 e. The molecule has 3 nitrogen and oxygen atoms in total. The van der Waals surface area contributed by atoms with E-state index in [1.165, 1.54) is 51.3 Å². The molecule has 0 saturated carbocycles. The van der Waals surface area contributed by atoms with Crippen LogP contribution >= 0.6 is 12.4 Å². The van der Waals surface area contributed by atoms with Gasteiger partial charge in [0.2, 0.25) is 0 Å². The highest BCUT2D eigenvalue weighted by molar-refractivity contribution is 5.85. The van der Waals surface area contributed by atoms with Crippen LogP contribution in [0.25, 0.3) is 0 Å². The number of hydrogen-bond acceptors (Lipinski definition) is 3. The first-order valence-electron chi connectivity index (χ1n) is 6.34. The molecule has 4 heteroatoms. The molecule has 2 fully saturated rings. The molecule has 0 aliphatic carbocycles. The Hall–Kier alpha value is -0.540. The van der Waals surface area contributed by atoms with Gasteiger partial charge in [0.05, 0.1) is 6.61 Å². The van der Waals surface area contributed by atoms with E-state index in [4.69, 9.17) is 4.74 Å². The lowest BCUT2D eigenvalue weighted by Crippen LogP contribution is -2.49. The first-order chi connectivity index (χ1) is 7.81. The standard InChI is InChI=1S/C13H21NO2.ClH/c1-2-13(15)16-10-11-6-5-9-14-8-4-3-7-12(11)14;/h2,11-12H,1,3-10H2;1H/t11-,12+;/m0./s1. The zero-order valence-corrected chi connectivity index (χ0v) is 11.1. The Morgan fingerprint density at radius 1 is 1.29 bits per heavy atom. The summed E-state index contributed by atoms with van der Waals surface area (Å²) in [6.45, 7) is 6.46. The molecule has 98 valence electrons. The molecule has 2 atom stereocenters. The van der Waals surface area contributed by atoms with Crippen molar-refractivity contribution in [2.45, 2.75) is 38.1 Å². The van der Waals surface area contributed by atoms with E-state index in [1.54, 1.807) is 0 Å². The third-order valence-electron chi connectivity index (χ3n) is 3.83. The summed E-state index contributed by atoms with van der Waals surface area (Å²) < 4.78 is 5.20. The Labute approximate surface area is 110 Å². The molecule has 0 aromatic heterocycles. The number of carbonyl (C=O) groups excluding carboxylic acids is 1. The van der Waals surface area contributed by atoms with Crippen LogP contribution in [0.3, 0.4) is 0 Å². The highest BCUT2D eigenvalue weighted by atomic mass is 35.5. The lowest BCUT2D eigenvalue weighted by atomic mass is 9.84. The average molecular weight is 260 g/mol. The summed E-state index contributed by atoms with van der Waals surface area (Å²) in [6, 6.07) is 0.653. The number of ether oxygens (including phenoxy) is 1. The predicted molar refractivity (Wildman–Crippen MR) is 70.3 cm³/mol. The molecule has 0 bridgehead atoms. The monoisotopic (exact) mass is 259 g/mol. The van der Waals surface area contributed by atoms with Gasteiger partial charge in [-0.25, -0.2) is 4.79 Å². The maximum atomic E-state index is 11.1. The smallest absolute Gasteiger partial charge is 0.330 e. The van der Waals surface area contributed by atoms with E-state index in [-0.39, 0.29) is 18.4 Å². The highest BCUT2D eigenvalue weighted by Gasteiger charge is 2.33. The van der Waals surface area contributed by atoms with Crippen LogP contribution in [-0.2, 0) is 9.53 Å². The van der Waals surface area contributed by atoms with Crippen molar-refractivity contribution in [1.29, 1.82) is 0 Å². The van der Waals surface area contributed by atoms with Gasteiger partial charge in [-0.2, -0.15) is 0 Å².